The topological polar surface area (TPSA) is 20.3 Å². The standard InChI is InChI=1S/C13H24BrNO/c1-5-11(14)12(16)15-8-6-10(7-9-15)13(2,3)4/h10-11H,5-9H2,1-4H3. The molecule has 1 aliphatic rings. The van der Waals surface area contributed by atoms with Gasteiger partial charge in [-0.15, -0.1) is 0 Å². The fourth-order valence-electron chi connectivity index (χ4n) is 2.34. The van der Waals surface area contributed by atoms with E-state index < -0.39 is 0 Å². The lowest BCUT2D eigenvalue weighted by atomic mass is 9.75. The molecule has 0 saturated carbocycles. The Morgan fingerprint density at radius 2 is 1.88 bits per heavy atom. The Morgan fingerprint density at radius 3 is 2.25 bits per heavy atom. The Hall–Kier alpha value is -0.0500. The quantitative estimate of drug-likeness (QED) is 0.713. The third-order valence-electron chi connectivity index (χ3n) is 3.66. The molecule has 0 bridgehead atoms. The highest BCUT2D eigenvalue weighted by atomic mass is 79.9. The Morgan fingerprint density at radius 1 is 1.38 bits per heavy atom. The van der Waals surface area contributed by atoms with Crippen LogP contribution in [0.5, 0.6) is 0 Å². The summed E-state index contributed by atoms with van der Waals surface area (Å²) in [6.07, 6.45) is 3.18. The van der Waals surface area contributed by atoms with E-state index in [0.717, 1.165) is 38.3 Å². The van der Waals surface area contributed by atoms with Crippen LogP contribution in [-0.4, -0.2) is 28.7 Å². The number of halogens is 1. The zero-order valence-electron chi connectivity index (χ0n) is 10.9. The maximum atomic E-state index is 12.0. The second-order valence-electron chi connectivity index (χ2n) is 5.84. The second kappa shape index (κ2) is 5.52. The number of alkyl halides is 1. The molecule has 1 heterocycles. The molecule has 0 aliphatic carbocycles. The van der Waals surface area contributed by atoms with Crippen LogP contribution in [0.3, 0.4) is 0 Å². The fourth-order valence-corrected chi connectivity index (χ4v) is 2.63. The van der Waals surface area contributed by atoms with Gasteiger partial charge in [0.05, 0.1) is 4.83 Å². The number of likely N-dealkylation sites (tertiary alicyclic amines) is 1. The van der Waals surface area contributed by atoms with Gasteiger partial charge in [-0.25, -0.2) is 0 Å². The average Bonchev–Trinajstić information content (AvgIpc) is 2.26. The molecule has 1 unspecified atom stereocenters. The third kappa shape index (κ3) is 3.47. The van der Waals surface area contributed by atoms with Gasteiger partial charge in [-0.1, -0.05) is 43.6 Å². The van der Waals surface area contributed by atoms with Crippen molar-refractivity contribution in [3.05, 3.63) is 0 Å². The zero-order valence-corrected chi connectivity index (χ0v) is 12.5. The predicted octanol–water partition coefficient (Wildman–Crippen LogP) is 3.44. The molecule has 94 valence electrons. The summed E-state index contributed by atoms with van der Waals surface area (Å²) in [6, 6.07) is 0. The monoisotopic (exact) mass is 289 g/mol. The molecule has 0 spiro atoms. The Bertz CT molecular complexity index is 239. The van der Waals surface area contributed by atoms with Gasteiger partial charge in [-0.2, -0.15) is 0 Å². The first kappa shape index (κ1) is 14.0. The van der Waals surface area contributed by atoms with Crippen LogP contribution in [0.1, 0.15) is 47.0 Å². The molecule has 16 heavy (non-hydrogen) atoms. The lowest BCUT2D eigenvalue weighted by Gasteiger charge is -2.39. The molecule has 1 atom stereocenters. The van der Waals surface area contributed by atoms with Gasteiger partial charge in [-0.3, -0.25) is 4.79 Å². The van der Waals surface area contributed by atoms with Gasteiger partial charge in [0.25, 0.3) is 0 Å². The number of nitrogens with zero attached hydrogens (tertiary/aromatic N) is 1. The van der Waals surface area contributed by atoms with Gasteiger partial charge < -0.3 is 4.90 Å². The molecule has 1 amide bonds. The molecule has 1 fully saturated rings. The minimum Gasteiger partial charge on any atom is -0.342 e. The molecule has 1 saturated heterocycles. The van der Waals surface area contributed by atoms with E-state index in [4.69, 9.17) is 0 Å². The van der Waals surface area contributed by atoms with Crippen molar-refractivity contribution >= 4 is 21.8 Å². The molecule has 2 nitrogen and oxygen atoms in total. The van der Waals surface area contributed by atoms with E-state index in [2.05, 4.69) is 36.7 Å². The van der Waals surface area contributed by atoms with Crippen molar-refractivity contribution in [2.24, 2.45) is 11.3 Å². The molecular formula is C13H24BrNO. The number of carbonyl (C=O) groups is 1. The van der Waals surface area contributed by atoms with E-state index in [1.165, 1.54) is 0 Å². The lowest BCUT2D eigenvalue weighted by Crippen LogP contribution is -2.44. The molecule has 0 aromatic rings. The van der Waals surface area contributed by atoms with Crippen LogP contribution in [0.15, 0.2) is 0 Å². The highest BCUT2D eigenvalue weighted by Crippen LogP contribution is 2.34. The van der Waals surface area contributed by atoms with E-state index in [-0.39, 0.29) is 10.7 Å². The fraction of sp³-hybridized carbons (Fsp3) is 0.923. The molecular weight excluding hydrogens is 266 g/mol. The van der Waals surface area contributed by atoms with Crippen molar-refractivity contribution in [3.8, 4) is 0 Å². The summed E-state index contributed by atoms with van der Waals surface area (Å²) in [6.45, 7) is 10.8. The number of carbonyl (C=O) groups excluding carboxylic acids is 1. The van der Waals surface area contributed by atoms with Crippen molar-refractivity contribution in [2.75, 3.05) is 13.1 Å². The van der Waals surface area contributed by atoms with Crippen molar-refractivity contribution < 1.29 is 4.79 Å². The van der Waals surface area contributed by atoms with Crippen molar-refractivity contribution in [1.82, 2.24) is 4.90 Å². The number of hydrogen-bond acceptors (Lipinski definition) is 1. The number of rotatable bonds is 2. The molecule has 1 aliphatic heterocycles. The predicted molar refractivity (Wildman–Crippen MR) is 71.8 cm³/mol. The maximum Gasteiger partial charge on any atom is 0.236 e. The van der Waals surface area contributed by atoms with Crippen LogP contribution in [0.2, 0.25) is 0 Å². The van der Waals surface area contributed by atoms with E-state index in [1.54, 1.807) is 0 Å². The first-order chi connectivity index (χ1) is 7.36. The minimum atomic E-state index is 0.0127. The van der Waals surface area contributed by atoms with Crippen LogP contribution >= 0.6 is 15.9 Å². The van der Waals surface area contributed by atoms with Crippen molar-refractivity contribution in [2.45, 2.75) is 51.8 Å². The van der Waals surface area contributed by atoms with Gasteiger partial charge in [0.1, 0.15) is 0 Å². The Labute approximate surface area is 108 Å². The lowest BCUT2D eigenvalue weighted by molar-refractivity contribution is -0.132. The summed E-state index contributed by atoms with van der Waals surface area (Å²) in [4.78, 5) is 14.0. The van der Waals surface area contributed by atoms with Gasteiger partial charge in [-0.05, 0) is 30.6 Å². The third-order valence-corrected chi connectivity index (χ3v) is 4.70. The normalized spacial score (nSPS) is 20.9. The number of hydrogen-bond donors (Lipinski definition) is 0. The molecule has 0 aromatic carbocycles. The van der Waals surface area contributed by atoms with Gasteiger partial charge in [0.2, 0.25) is 5.91 Å². The Balaban J connectivity index is 2.46. The first-order valence-corrected chi connectivity index (χ1v) is 7.20. The minimum absolute atomic E-state index is 0.0127. The average molecular weight is 290 g/mol. The summed E-state index contributed by atoms with van der Waals surface area (Å²) in [5.41, 5.74) is 0.383. The summed E-state index contributed by atoms with van der Waals surface area (Å²) < 4.78 is 0. The molecule has 0 N–H and O–H groups in total. The summed E-state index contributed by atoms with van der Waals surface area (Å²) in [7, 11) is 0. The smallest absolute Gasteiger partial charge is 0.236 e. The van der Waals surface area contributed by atoms with E-state index in [9.17, 15) is 4.79 Å². The number of piperidine rings is 1. The van der Waals surface area contributed by atoms with E-state index in [0.29, 0.717) is 5.41 Å². The van der Waals surface area contributed by atoms with Crippen molar-refractivity contribution in [3.63, 3.8) is 0 Å². The van der Waals surface area contributed by atoms with Crippen molar-refractivity contribution in [1.29, 1.82) is 0 Å². The summed E-state index contributed by atoms with van der Waals surface area (Å²) in [5, 5.41) is 0. The van der Waals surface area contributed by atoms with E-state index in [1.807, 2.05) is 11.8 Å². The first-order valence-electron chi connectivity index (χ1n) is 6.29. The van der Waals surface area contributed by atoms with Crippen LogP contribution in [-0.2, 0) is 4.79 Å². The van der Waals surface area contributed by atoms with Gasteiger partial charge in [0, 0.05) is 13.1 Å². The van der Waals surface area contributed by atoms with E-state index >= 15 is 0 Å². The van der Waals surface area contributed by atoms with Gasteiger partial charge >= 0.3 is 0 Å². The zero-order chi connectivity index (χ0) is 12.3. The van der Waals surface area contributed by atoms with Crippen LogP contribution < -0.4 is 0 Å². The maximum absolute atomic E-state index is 12.0. The largest absolute Gasteiger partial charge is 0.342 e. The molecule has 0 aromatic heterocycles. The van der Waals surface area contributed by atoms with Gasteiger partial charge in [0.15, 0.2) is 0 Å². The molecule has 0 radical (unpaired) electrons. The van der Waals surface area contributed by atoms with Crippen LogP contribution in [0.25, 0.3) is 0 Å². The number of amides is 1. The second-order valence-corrected chi connectivity index (χ2v) is 6.95. The molecule has 1 rings (SSSR count). The highest BCUT2D eigenvalue weighted by molar-refractivity contribution is 9.10. The summed E-state index contributed by atoms with van der Waals surface area (Å²) in [5.74, 6) is 1.03. The van der Waals surface area contributed by atoms with Crippen LogP contribution in [0.4, 0.5) is 0 Å². The SMILES string of the molecule is CCC(Br)C(=O)N1CCC(C(C)(C)C)CC1. The highest BCUT2D eigenvalue weighted by Gasteiger charge is 2.31. The molecule has 3 heteroatoms. The van der Waals surface area contributed by atoms with Crippen LogP contribution in [0, 0.1) is 11.3 Å². The summed E-state index contributed by atoms with van der Waals surface area (Å²) >= 11 is 3.44. The Kier molecular flexibility index (Phi) is 4.84.